The fourth-order valence-electron chi connectivity index (χ4n) is 2.53. The number of furan rings is 1. The van der Waals surface area contributed by atoms with Crippen LogP contribution in [0.4, 0.5) is 4.39 Å². The molecule has 0 fully saturated rings. The Labute approximate surface area is 144 Å². The second kappa shape index (κ2) is 6.80. The molecule has 2 aromatic heterocycles. The number of methoxy groups -OCH3 is 1. The lowest BCUT2D eigenvalue weighted by Gasteiger charge is -2.15. The van der Waals surface area contributed by atoms with Crippen LogP contribution >= 0.6 is 0 Å². The third kappa shape index (κ3) is 3.40. The van der Waals surface area contributed by atoms with Crippen LogP contribution in [0.25, 0.3) is 11.3 Å². The number of amides is 1. The van der Waals surface area contributed by atoms with Crippen LogP contribution in [-0.2, 0) is 13.6 Å². The van der Waals surface area contributed by atoms with Gasteiger partial charge in [-0.05, 0) is 30.3 Å². The van der Waals surface area contributed by atoms with Gasteiger partial charge in [0.05, 0.1) is 25.6 Å². The van der Waals surface area contributed by atoms with E-state index in [2.05, 4.69) is 5.10 Å². The lowest BCUT2D eigenvalue weighted by molar-refractivity contribution is 0.0764. The Bertz CT molecular complexity index is 887. The van der Waals surface area contributed by atoms with E-state index in [0.717, 1.165) is 0 Å². The number of aryl methyl sites for hydroxylation is 1. The van der Waals surface area contributed by atoms with Crippen LogP contribution in [0.5, 0.6) is 5.75 Å². The Balaban J connectivity index is 1.86. The maximum atomic E-state index is 14.2. The standard InChI is InChI=1S/C18H18FN3O3/c1-21(11-13-5-4-8-25-13)18(23)17-10-16(20-22(17)2)14-7-6-12(24-3)9-15(14)19/h4-10H,11H2,1-3H3. The van der Waals surface area contributed by atoms with Gasteiger partial charge in [0.1, 0.15) is 23.0 Å². The Morgan fingerprint density at radius 3 is 2.80 bits per heavy atom. The highest BCUT2D eigenvalue weighted by molar-refractivity contribution is 5.93. The van der Waals surface area contributed by atoms with Crippen molar-refractivity contribution in [2.24, 2.45) is 7.05 Å². The van der Waals surface area contributed by atoms with E-state index in [9.17, 15) is 9.18 Å². The van der Waals surface area contributed by atoms with Crippen molar-refractivity contribution in [1.29, 1.82) is 0 Å². The van der Waals surface area contributed by atoms with Crippen LogP contribution in [0.2, 0.25) is 0 Å². The first-order chi connectivity index (χ1) is 12.0. The van der Waals surface area contributed by atoms with Gasteiger partial charge >= 0.3 is 0 Å². The van der Waals surface area contributed by atoms with Gasteiger partial charge in [0, 0.05) is 25.7 Å². The van der Waals surface area contributed by atoms with E-state index in [-0.39, 0.29) is 5.91 Å². The third-order valence-electron chi connectivity index (χ3n) is 3.87. The predicted octanol–water partition coefficient (Wildman–Crippen LogP) is 3.10. The normalized spacial score (nSPS) is 10.7. The number of carbonyl (C=O) groups excluding carboxylic acids is 1. The van der Waals surface area contributed by atoms with Crippen LogP contribution in [0, 0.1) is 5.82 Å². The molecule has 0 atom stereocenters. The molecule has 3 aromatic rings. The summed E-state index contributed by atoms with van der Waals surface area (Å²) in [6.07, 6.45) is 1.56. The minimum absolute atomic E-state index is 0.230. The second-order valence-electron chi connectivity index (χ2n) is 5.62. The number of nitrogens with zero attached hydrogens (tertiary/aromatic N) is 3. The lowest BCUT2D eigenvalue weighted by atomic mass is 10.1. The number of hydrogen-bond acceptors (Lipinski definition) is 4. The number of benzene rings is 1. The van der Waals surface area contributed by atoms with Gasteiger partial charge < -0.3 is 14.1 Å². The van der Waals surface area contributed by atoms with E-state index in [0.29, 0.717) is 35.0 Å². The molecular formula is C18H18FN3O3. The fraction of sp³-hybridized carbons (Fsp3) is 0.222. The van der Waals surface area contributed by atoms with Crippen molar-refractivity contribution in [3.8, 4) is 17.0 Å². The monoisotopic (exact) mass is 343 g/mol. The molecule has 6 nitrogen and oxygen atoms in total. The zero-order valence-corrected chi connectivity index (χ0v) is 14.2. The van der Waals surface area contributed by atoms with Gasteiger partial charge in [-0.2, -0.15) is 5.10 Å². The van der Waals surface area contributed by atoms with E-state index in [1.807, 2.05) is 0 Å². The van der Waals surface area contributed by atoms with Gasteiger partial charge in [0.2, 0.25) is 0 Å². The van der Waals surface area contributed by atoms with Crippen molar-refractivity contribution in [2.75, 3.05) is 14.2 Å². The molecule has 1 amide bonds. The molecule has 2 heterocycles. The average molecular weight is 343 g/mol. The maximum absolute atomic E-state index is 14.2. The van der Waals surface area contributed by atoms with Crippen LogP contribution in [0.3, 0.4) is 0 Å². The van der Waals surface area contributed by atoms with E-state index >= 15 is 0 Å². The number of ether oxygens (including phenoxy) is 1. The first-order valence-electron chi connectivity index (χ1n) is 7.65. The van der Waals surface area contributed by atoms with Gasteiger partial charge in [0.25, 0.3) is 5.91 Å². The summed E-state index contributed by atoms with van der Waals surface area (Å²) in [5.41, 5.74) is 1.06. The summed E-state index contributed by atoms with van der Waals surface area (Å²) in [4.78, 5) is 14.1. The van der Waals surface area contributed by atoms with E-state index in [1.165, 1.54) is 22.8 Å². The summed E-state index contributed by atoms with van der Waals surface area (Å²) in [7, 11) is 4.80. The highest BCUT2D eigenvalue weighted by atomic mass is 19.1. The molecule has 0 saturated heterocycles. The Hall–Kier alpha value is -3.09. The second-order valence-corrected chi connectivity index (χ2v) is 5.62. The minimum atomic E-state index is -0.458. The number of aromatic nitrogens is 2. The van der Waals surface area contributed by atoms with E-state index in [1.54, 1.807) is 50.7 Å². The van der Waals surface area contributed by atoms with Gasteiger partial charge in [-0.25, -0.2) is 4.39 Å². The maximum Gasteiger partial charge on any atom is 0.272 e. The zero-order chi connectivity index (χ0) is 18.0. The molecule has 3 rings (SSSR count). The Kier molecular flexibility index (Phi) is 4.56. The largest absolute Gasteiger partial charge is 0.497 e. The number of hydrogen-bond donors (Lipinski definition) is 0. The van der Waals surface area contributed by atoms with Gasteiger partial charge in [-0.1, -0.05) is 0 Å². The average Bonchev–Trinajstić information content (AvgIpc) is 3.23. The van der Waals surface area contributed by atoms with Crippen molar-refractivity contribution in [3.63, 3.8) is 0 Å². The molecule has 1 aromatic carbocycles. The van der Waals surface area contributed by atoms with Gasteiger partial charge in [0.15, 0.2) is 0 Å². The van der Waals surface area contributed by atoms with Gasteiger partial charge in [-0.15, -0.1) is 0 Å². The van der Waals surface area contributed by atoms with Crippen LogP contribution in [-0.4, -0.2) is 34.7 Å². The molecule has 7 heteroatoms. The lowest BCUT2D eigenvalue weighted by Crippen LogP contribution is -2.27. The first-order valence-corrected chi connectivity index (χ1v) is 7.65. The summed E-state index contributed by atoms with van der Waals surface area (Å²) in [6.45, 7) is 0.337. The van der Waals surface area contributed by atoms with Gasteiger partial charge in [-0.3, -0.25) is 9.48 Å². The van der Waals surface area contributed by atoms with E-state index in [4.69, 9.17) is 9.15 Å². The molecule has 0 saturated carbocycles. The van der Waals surface area contributed by atoms with Crippen LogP contribution in [0.15, 0.2) is 47.1 Å². The highest BCUT2D eigenvalue weighted by Crippen LogP contribution is 2.26. The number of rotatable bonds is 5. The highest BCUT2D eigenvalue weighted by Gasteiger charge is 2.20. The van der Waals surface area contributed by atoms with Crippen molar-refractivity contribution >= 4 is 5.91 Å². The Morgan fingerprint density at radius 1 is 1.36 bits per heavy atom. The molecule has 0 bridgehead atoms. The first kappa shape index (κ1) is 16.8. The number of carbonyl (C=O) groups is 1. The van der Waals surface area contributed by atoms with Crippen molar-refractivity contribution in [2.45, 2.75) is 6.54 Å². The number of halogens is 1. The third-order valence-corrected chi connectivity index (χ3v) is 3.87. The quantitative estimate of drug-likeness (QED) is 0.714. The molecule has 0 spiro atoms. The summed E-state index contributed by atoms with van der Waals surface area (Å²) in [5, 5.41) is 4.26. The molecule has 130 valence electrons. The molecule has 0 aliphatic heterocycles. The Morgan fingerprint density at radius 2 is 2.16 bits per heavy atom. The summed E-state index contributed by atoms with van der Waals surface area (Å²) in [6, 6.07) is 9.66. The zero-order valence-electron chi connectivity index (χ0n) is 14.2. The molecule has 0 N–H and O–H groups in total. The van der Waals surface area contributed by atoms with Crippen LogP contribution < -0.4 is 4.74 Å². The molecule has 0 unspecified atom stereocenters. The van der Waals surface area contributed by atoms with Crippen molar-refractivity contribution in [1.82, 2.24) is 14.7 Å². The minimum Gasteiger partial charge on any atom is -0.497 e. The topological polar surface area (TPSA) is 60.5 Å². The fourth-order valence-corrected chi connectivity index (χ4v) is 2.53. The molecular weight excluding hydrogens is 325 g/mol. The molecule has 0 radical (unpaired) electrons. The SMILES string of the molecule is COc1ccc(-c2cc(C(=O)N(C)Cc3ccco3)n(C)n2)c(F)c1. The van der Waals surface area contributed by atoms with Crippen LogP contribution in [0.1, 0.15) is 16.2 Å². The summed E-state index contributed by atoms with van der Waals surface area (Å²) >= 11 is 0. The predicted molar refractivity (Wildman–Crippen MR) is 89.7 cm³/mol. The smallest absolute Gasteiger partial charge is 0.272 e. The summed E-state index contributed by atoms with van der Waals surface area (Å²) in [5.74, 6) is 0.415. The summed E-state index contributed by atoms with van der Waals surface area (Å²) < 4.78 is 25.9. The molecule has 25 heavy (non-hydrogen) atoms. The van der Waals surface area contributed by atoms with E-state index < -0.39 is 5.82 Å². The molecule has 0 aliphatic rings. The van der Waals surface area contributed by atoms with Crippen molar-refractivity contribution in [3.05, 3.63) is 59.9 Å². The van der Waals surface area contributed by atoms with Crippen molar-refractivity contribution < 1.29 is 18.3 Å². The molecule has 0 aliphatic carbocycles.